The summed E-state index contributed by atoms with van der Waals surface area (Å²) in [5.41, 5.74) is 1.000. The van der Waals surface area contributed by atoms with Crippen LogP contribution in [0.15, 0.2) is 48.5 Å². The lowest BCUT2D eigenvalue weighted by atomic mass is 10.1. The molecular formula is C19H15ClN2O5. The molecule has 3 rings (SSSR count). The molecule has 1 heterocycles. The normalized spacial score (nSPS) is 11.9. The molecule has 1 atom stereocenters. The van der Waals surface area contributed by atoms with Gasteiger partial charge in [0.15, 0.2) is 0 Å². The van der Waals surface area contributed by atoms with Crippen molar-refractivity contribution >= 4 is 40.3 Å². The van der Waals surface area contributed by atoms with E-state index in [2.05, 4.69) is 10.3 Å². The topological polar surface area (TPSA) is 120 Å². The Bertz CT molecular complexity index is 1020. The molecule has 0 spiro atoms. The quantitative estimate of drug-likeness (QED) is 0.512. The summed E-state index contributed by atoms with van der Waals surface area (Å²) < 4.78 is 0. The molecule has 138 valence electrons. The number of carbonyl (C=O) groups is 2. The van der Waals surface area contributed by atoms with E-state index in [4.69, 9.17) is 11.6 Å². The number of aromatic nitrogens is 1. The van der Waals surface area contributed by atoms with Gasteiger partial charge in [-0.05, 0) is 42.0 Å². The molecule has 0 aliphatic heterocycles. The highest BCUT2D eigenvalue weighted by atomic mass is 35.5. The molecule has 0 saturated carbocycles. The van der Waals surface area contributed by atoms with Crippen molar-refractivity contribution in [3.8, 4) is 5.75 Å². The highest BCUT2D eigenvalue weighted by Crippen LogP contribution is 2.24. The second-order valence-corrected chi connectivity index (χ2v) is 6.37. The molecule has 0 aliphatic carbocycles. The number of hydrogen-bond donors (Lipinski definition) is 4. The predicted molar refractivity (Wildman–Crippen MR) is 101 cm³/mol. The van der Waals surface area contributed by atoms with Crippen molar-refractivity contribution in [1.29, 1.82) is 0 Å². The molecule has 0 radical (unpaired) electrons. The van der Waals surface area contributed by atoms with Gasteiger partial charge < -0.3 is 20.6 Å². The van der Waals surface area contributed by atoms with Crippen molar-refractivity contribution in [2.75, 3.05) is 5.32 Å². The van der Waals surface area contributed by atoms with Crippen molar-refractivity contribution in [2.45, 2.75) is 12.5 Å². The number of anilines is 1. The van der Waals surface area contributed by atoms with E-state index in [1.165, 1.54) is 18.2 Å². The number of fused-ring (bicyclic) bond motifs is 1. The summed E-state index contributed by atoms with van der Waals surface area (Å²) in [5.74, 6) is -2.36. The first-order chi connectivity index (χ1) is 12.8. The fraction of sp³-hybridized carbons (Fsp3) is 0.105. The molecule has 1 aromatic heterocycles. The zero-order valence-corrected chi connectivity index (χ0v) is 14.6. The number of carboxylic acids is 2. The number of benzene rings is 2. The number of phenols is 1. The summed E-state index contributed by atoms with van der Waals surface area (Å²) in [4.78, 5) is 27.5. The third-order valence-electron chi connectivity index (χ3n) is 3.99. The van der Waals surface area contributed by atoms with Crippen LogP contribution >= 0.6 is 11.6 Å². The zero-order chi connectivity index (χ0) is 19.6. The number of halogens is 1. The Morgan fingerprint density at radius 3 is 2.41 bits per heavy atom. The van der Waals surface area contributed by atoms with E-state index < -0.39 is 18.0 Å². The molecule has 27 heavy (non-hydrogen) atoms. The number of nitrogens with one attached hydrogen (secondary N) is 1. The first-order valence-electron chi connectivity index (χ1n) is 7.94. The Morgan fingerprint density at radius 2 is 1.78 bits per heavy atom. The van der Waals surface area contributed by atoms with Crippen LogP contribution in [0.4, 0.5) is 5.82 Å². The van der Waals surface area contributed by atoms with Gasteiger partial charge >= 0.3 is 11.9 Å². The van der Waals surface area contributed by atoms with Crippen LogP contribution in [0.2, 0.25) is 5.02 Å². The van der Waals surface area contributed by atoms with Crippen LogP contribution in [0.5, 0.6) is 5.75 Å². The number of carboxylic acid groups (broad SMARTS) is 2. The largest absolute Gasteiger partial charge is 0.508 e. The van der Waals surface area contributed by atoms with Crippen molar-refractivity contribution in [2.24, 2.45) is 0 Å². The molecule has 4 N–H and O–H groups in total. The molecule has 2 aromatic carbocycles. The van der Waals surface area contributed by atoms with E-state index in [0.717, 1.165) is 0 Å². The average Bonchev–Trinajstić information content (AvgIpc) is 2.62. The van der Waals surface area contributed by atoms with Gasteiger partial charge in [0, 0.05) is 16.8 Å². The van der Waals surface area contributed by atoms with Crippen LogP contribution in [0.25, 0.3) is 10.9 Å². The van der Waals surface area contributed by atoms with E-state index in [1.54, 1.807) is 30.3 Å². The van der Waals surface area contributed by atoms with Gasteiger partial charge in [0.05, 0.1) is 5.52 Å². The number of pyridine rings is 1. The standard InChI is InChI=1S/C19H15ClN2O5/c20-12-3-6-15-11(8-12)9-14(18(24)25)17(21-15)22-16(19(26)27)7-10-1-4-13(23)5-2-10/h1-6,8-9,16,23H,7H2,(H,21,22)(H,24,25)(H,26,27)/t16-/m0/s1. The van der Waals surface area contributed by atoms with Gasteiger partial charge in [-0.15, -0.1) is 0 Å². The summed E-state index contributed by atoms with van der Waals surface area (Å²) in [6.45, 7) is 0. The smallest absolute Gasteiger partial charge is 0.339 e. The lowest BCUT2D eigenvalue weighted by Gasteiger charge is -2.17. The third kappa shape index (κ3) is 4.27. The molecule has 8 heteroatoms. The molecule has 0 saturated heterocycles. The number of hydrogen-bond acceptors (Lipinski definition) is 5. The number of aromatic carboxylic acids is 1. The maximum absolute atomic E-state index is 11.7. The number of rotatable bonds is 6. The summed E-state index contributed by atoms with van der Waals surface area (Å²) in [7, 11) is 0. The summed E-state index contributed by atoms with van der Waals surface area (Å²) >= 11 is 5.93. The van der Waals surface area contributed by atoms with Crippen LogP contribution in [-0.2, 0) is 11.2 Å². The summed E-state index contributed by atoms with van der Waals surface area (Å²) in [5, 5.41) is 32.0. The predicted octanol–water partition coefficient (Wildman–Crippen LogP) is 3.40. The molecule has 0 bridgehead atoms. The number of aliphatic carboxylic acids is 1. The van der Waals surface area contributed by atoms with Gasteiger partial charge in [0.2, 0.25) is 0 Å². The van der Waals surface area contributed by atoms with Crippen molar-refractivity contribution < 1.29 is 24.9 Å². The zero-order valence-electron chi connectivity index (χ0n) is 13.9. The summed E-state index contributed by atoms with van der Waals surface area (Å²) in [6, 6.07) is 11.2. The number of aromatic hydroxyl groups is 1. The molecule has 0 fully saturated rings. The first-order valence-corrected chi connectivity index (χ1v) is 8.32. The second kappa shape index (κ2) is 7.51. The van der Waals surface area contributed by atoms with Crippen LogP contribution in [0, 0.1) is 0 Å². The van der Waals surface area contributed by atoms with E-state index in [9.17, 15) is 24.9 Å². The maximum Gasteiger partial charge on any atom is 0.339 e. The van der Waals surface area contributed by atoms with Gasteiger partial charge in [-0.3, -0.25) is 0 Å². The fourth-order valence-corrected chi connectivity index (χ4v) is 2.83. The highest BCUT2D eigenvalue weighted by molar-refractivity contribution is 6.31. The van der Waals surface area contributed by atoms with Crippen molar-refractivity contribution in [3.63, 3.8) is 0 Å². The number of phenolic OH excluding ortho intramolecular Hbond substituents is 1. The van der Waals surface area contributed by atoms with Gasteiger partial charge in [0.1, 0.15) is 23.2 Å². The van der Waals surface area contributed by atoms with Crippen LogP contribution in [0.3, 0.4) is 0 Å². The van der Waals surface area contributed by atoms with Gasteiger partial charge in [-0.2, -0.15) is 0 Å². The average molecular weight is 387 g/mol. The molecule has 0 aliphatic rings. The molecule has 7 nitrogen and oxygen atoms in total. The molecule has 3 aromatic rings. The van der Waals surface area contributed by atoms with Gasteiger partial charge in [-0.1, -0.05) is 23.7 Å². The molecular weight excluding hydrogens is 372 g/mol. The minimum absolute atomic E-state index is 0.0384. The van der Waals surface area contributed by atoms with E-state index in [0.29, 0.717) is 21.5 Å². The summed E-state index contributed by atoms with van der Waals surface area (Å²) in [6.07, 6.45) is 0.0784. The van der Waals surface area contributed by atoms with Crippen LogP contribution in [0.1, 0.15) is 15.9 Å². The van der Waals surface area contributed by atoms with Crippen LogP contribution in [-0.4, -0.2) is 38.3 Å². The Labute approximate surface area is 158 Å². The lowest BCUT2D eigenvalue weighted by molar-refractivity contribution is -0.137. The third-order valence-corrected chi connectivity index (χ3v) is 4.23. The van der Waals surface area contributed by atoms with Crippen LogP contribution < -0.4 is 5.32 Å². The maximum atomic E-state index is 11.7. The van der Waals surface area contributed by atoms with E-state index >= 15 is 0 Å². The fourth-order valence-electron chi connectivity index (χ4n) is 2.65. The minimum Gasteiger partial charge on any atom is -0.508 e. The van der Waals surface area contributed by atoms with Crippen molar-refractivity contribution in [1.82, 2.24) is 4.98 Å². The lowest BCUT2D eigenvalue weighted by Crippen LogP contribution is -2.32. The SMILES string of the molecule is O=C(O)c1cc2cc(Cl)ccc2nc1N[C@@H](Cc1ccc(O)cc1)C(=O)O. The van der Waals surface area contributed by atoms with Gasteiger partial charge in [0.25, 0.3) is 0 Å². The Hall–Kier alpha value is -3.32. The minimum atomic E-state index is -1.24. The molecule has 0 amide bonds. The molecule has 0 unspecified atom stereocenters. The highest BCUT2D eigenvalue weighted by Gasteiger charge is 2.22. The monoisotopic (exact) mass is 386 g/mol. The van der Waals surface area contributed by atoms with E-state index in [1.807, 2.05) is 0 Å². The van der Waals surface area contributed by atoms with Gasteiger partial charge in [-0.25, -0.2) is 14.6 Å². The Balaban J connectivity index is 1.97. The first kappa shape index (κ1) is 18.5. The van der Waals surface area contributed by atoms with E-state index in [-0.39, 0.29) is 23.6 Å². The van der Waals surface area contributed by atoms with Crippen molar-refractivity contribution in [3.05, 3.63) is 64.7 Å². The Kier molecular flexibility index (Phi) is 5.14. The second-order valence-electron chi connectivity index (χ2n) is 5.93. The Morgan fingerprint density at radius 1 is 1.07 bits per heavy atom. The number of nitrogens with zero attached hydrogens (tertiary/aromatic N) is 1.